The summed E-state index contributed by atoms with van der Waals surface area (Å²) in [6.45, 7) is 3.13. The van der Waals surface area contributed by atoms with Crippen LogP contribution < -0.4 is 10.2 Å². The predicted molar refractivity (Wildman–Crippen MR) is 95.2 cm³/mol. The molecular formula is C18H21FN3O2S+. The van der Waals surface area contributed by atoms with E-state index >= 15 is 0 Å². The van der Waals surface area contributed by atoms with Crippen LogP contribution in [0.15, 0.2) is 41.8 Å². The molecule has 1 fully saturated rings. The van der Waals surface area contributed by atoms with Crippen molar-refractivity contribution in [3.63, 3.8) is 0 Å². The minimum Gasteiger partial charge on any atom is -0.331 e. The van der Waals surface area contributed by atoms with E-state index in [1.165, 1.54) is 12.1 Å². The van der Waals surface area contributed by atoms with Gasteiger partial charge in [-0.2, -0.15) is 0 Å². The lowest BCUT2D eigenvalue weighted by atomic mass is 10.2. The Morgan fingerprint density at radius 2 is 2.00 bits per heavy atom. The van der Waals surface area contributed by atoms with Gasteiger partial charge in [-0.05, 0) is 29.6 Å². The summed E-state index contributed by atoms with van der Waals surface area (Å²) in [5, 5.41) is 4.69. The molecule has 2 amide bonds. The maximum atomic E-state index is 13.1. The number of benzene rings is 1. The van der Waals surface area contributed by atoms with Crippen LogP contribution in [0, 0.1) is 5.82 Å². The van der Waals surface area contributed by atoms with Gasteiger partial charge in [0.2, 0.25) is 5.91 Å². The van der Waals surface area contributed by atoms with E-state index in [1.54, 1.807) is 23.5 Å². The molecule has 2 N–H and O–H groups in total. The number of hydrogen-bond donors (Lipinski definition) is 2. The van der Waals surface area contributed by atoms with Gasteiger partial charge in [0.1, 0.15) is 5.82 Å². The fourth-order valence-corrected chi connectivity index (χ4v) is 3.62. The lowest BCUT2D eigenvalue weighted by Crippen LogP contribution is -3.15. The molecule has 2 aromatic rings. The molecular weight excluding hydrogens is 341 g/mol. The summed E-state index contributed by atoms with van der Waals surface area (Å²) in [5.74, 6) is -0.368. The van der Waals surface area contributed by atoms with Crippen LogP contribution in [0.1, 0.15) is 4.88 Å². The SMILES string of the molecule is O=C(C[NH+]1CCN(C(=O)Cc2cccs2)CC1)Nc1cccc(F)c1. The molecule has 2 heterocycles. The zero-order chi connectivity index (χ0) is 17.6. The van der Waals surface area contributed by atoms with E-state index < -0.39 is 0 Å². The predicted octanol–water partition coefficient (Wildman–Crippen LogP) is 0.796. The molecule has 5 nitrogen and oxygen atoms in total. The number of nitrogens with zero attached hydrogens (tertiary/aromatic N) is 1. The first-order chi connectivity index (χ1) is 12.1. The van der Waals surface area contributed by atoms with Crippen LogP contribution in [0.5, 0.6) is 0 Å². The zero-order valence-electron chi connectivity index (χ0n) is 13.8. The third-order valence-electron chi connectivity index (χ3n) is 4.25. The van der Waals surface area contributed by atoms with Crippen LogP contribution in [-0.2, 0) is 16.0 Å². The monoisotopic (exact) mass is 362 g/mol. The second kappa shape index (κ2) is 8.22. The first-order valence-corrected chi connectivity index (χ1v) is 9.17. The van der Waals surface area contributed by atoms with Crippen molar-refractivity contribution >= 4 is 28.8 Å². The summed E-state index contributed by atoms with van der Waals surface area (Å²) in [7, 11) is 0. The Hall–Kier alpha value is -2.25. The number of piperazine rings is 1. The van der Waals surface area contributed by atoms with Crippen LogP contribution in [-0.4, -0.2) is 49.4 Å². The third-order valence-corrected chi connectivity index (χ3v) is 5.12. The van der Waals surface area contributed by atoms with Gasteiger partial charge < -0.3 is 15.1 Å². The Morgan fingerprint density at radius 3 is 2.68 bits per heavy atom. The summed E-state index contributed by atoms with van der Waals surface area (Å²) in [6, 6.07) is 9.79. The van der Waals surface area contributed by atoms with Crippen LogP contribution in [0.3, 0.4) is 0 Å². The highest BCUT2D eigenvalue weighted by Gasteiger charge is 2.25. The lowest BCUT2D eigenvalue weighted by molar-refractivity contribution is -0.895. The molecule has 25 heavy (non-hydrogen) atoms. The van der Waals surface area contributed by atoms with E-state index in [0.29, 0.717) is 31.7 Å². The highest BCUT2D eigenvalue weighted by molar-refractivity contribution is 7.10. The standard InChI is InChI=1S/C18H20FN3O2S/c19-14-3-1-4-15(11-14)20-17(23)13-21-6-8-22(9-7-21)18(24)12-16-5-2-10-25-16/h1-5,10-11H,6-9,12-13H2,(H,20,23)/p+1. The molecule has 1 aliphatic rings. The van der Waals surface area contributed by atoms with E-state index in [-0.39, 0.29) is 17.6 Å². The van der Waals surface area contributed by atoms with Gasteiger partial charge in [-0.1, -0.05) is 12.1 Å². The molecule has 0 bridgehead atoms. The van der Waals surface area contributed by atoms with Gasteiger partial charge in [0.15, 0.2) is 6.54 Å². The van der Waals surface area contributed by atoms with Crippen molar-refractivity contribution < 1.29 is 18.9 Å². The normalized spacial score (nSPS) is 15.2. The number of anilines is 1. The number of carbonyl (C=O) groups is 2. The van der Waals surface area contributed by atoms with Crippen molar-refractivity contribution in [3.8, 4) is 0 Å². The second-order valence-corrected chi connectivity index (χ2v) is 7.15. The van der Waals surface area contributed by atoms with Crippen molar-refractivity contribution in [2.45, 2.75) is 6.42 Å². The van der Waals surface area contributed by atoms with Crippen LogP contribution in [0.2, 0.25) is 0 Å². The number of rotatable bonds is 5. The molecule has 0 aliphatic carbocycles. The van der Waals surface area contributed by atoms with Crippen molar-refractivity contribution in [3.05, 3.63) is 52.5 Å². The molecule has 0 atom stereocenters. The fraction of sp³-hybridized carbons (Fsp3) is 0.333. The van der Waals surface area contributed by atoms with Gasteiger partial charge in [0.05, 0.1) is 32.6 Å². The summed E-state index contributed by atoms with van der Waals surface area (Å²) in [4.78, 5) is 28.4. The van der Waals surface area contributed by atoms with Gasteiger partial charge in [-0.25, -0.2) is 4.39 Å². The molecule has 0 spiro atoms. The van der Waals surface area contributed by atoms with Crippen molar-refractivity contribution in [1.82, 2.24) is 4.90 Å². The van der Waals surface area contributed by atoms with Gasteiger partial charge in [-0.15, -0.1) is 11.3 Å². The molecule has 132 valence electrons. The highest BCUT2D eigenvalue weighted by atomic mass is 32.1. The molecule has 3 rings (SSSR count). The molecule has 1 aromatic carbocycles. The first kappa shape index (κ1) is 17.6. The molecule has 1 saturated heterocycles. The molecule has 1 aliphatic heterocycles. The molecule has 1 aromatic heterocycles. The lowest BCUT2D eigenvalue weighted by Gasteiger charge is -2.31. The maximum absolute atomic E-state index is 13.1. The number of nitrogens with one attached hydrogen (secondary N) is 2. The number of halogens is 1. The van der Waals surface area contributed by atoms with Crippen molar-refractivity contribution in [2.75, 3.05) is 38.0 Å². The molecule has 7 heteroatoms. The van der Waals surface area contributed by atoms with Gasteiger partial charge in [0.25, 0.3) is 5.91 Å². The van der Waals surface area contributed by atoms with E-state index in [0.717, 1.165) is 22.9 Å². The second-order valence-electron chi connectivity index (χ2n) is 6.12. The Bertz CT molecular complexity index is 728. The average Bonchev–Trinajstić information content (AvgIpc) is 3.08. The maximum Gasteiger partial charge on any atom is 0.279 e. The summed E-state index contributed by atoms with van der Waals surface area (Å²) >= 11 is 1.59. The zero-order valence-corrected chi connectivity index (χ0v) is 14.7. The number of thiophene rings is 1. The molecule has 0 unspecified atom stereocenters. The Labute approximate surface area is 150 Å². The van der Waals surface area contributed by atoms with Crippen LogP contribution in [0.25, 0.3) is 0 Å². The van der Waals surface area contributed by atoms with Crippen LogP contribution >= 0.6 is 11.3 Å². The number of amides is 2. The Balaban J connectivity index is 1.42. The molecule has 0 radical (unpaired) electrons. The number of hydrogen-bond acceptors (Lipinski definition) is 3. The summed E-state index contributed by atoms with van der Waals surface area (Å²) in [6.07, 6.45) is 0.451. The van der Waals surface area contributed by atoms with E-state index in [4.69, 9.17) is 0 Å². The summed E-state index contributed by atoms with van der Waals surface area (Å²) < 4.78 is 13.1. The average molecular weight is 362 g/mol. The largest absolute Gasteiger partial charge is 0.331 e. The van der Waals surface area contributed by atoms with Crippen molar-refractivity contribution in [2.24, 2.45) is 0 Å². The van der Waals surface area contributed by atoms with Gasteiger partial charge >= 0.3 is 0 Å². The minimum absolute atomic E-state index is 0.140. The van der Waals surface area contributed by atoms with Gasteiger partial charge in [0, 0.05) is 10.6 Å². The van der Waals surface area contributed by atoms with Crippen LogP contribution in [0.4, 0.5) is 10.1 Å². The van der Waals surface area contributed by atoms with E-state index in [1.807, 2.05) is 22.4 Å². The summed E-state index contributed by atoms with van der Waals surface area (Å²) in [5.41, 5.74) is 0.467. The minimum atomic E-state index is -0.372. The third kappa shape index (κ3) is 5.11. The van der Waals surface area contributed by atoms with E-state index in [9.17, 15) is 14.0 Å². The number of quaternary nitrogens is 1. The fourth-order valence-electron chi connectivity index (χ4n) is 2.92. The Kier molecular flexibility index (Phi) is 5.78. The Morgan fingerprint density at radius 1 is 1.20 bits per heavy atom. The molecule has 0 saturated carbocycles. The smallest absolute Gasteiger partial charge is 0.279 e. The van der Waals surface area contributed by atoms with Gasteiger partial charge in [-0.3, -0.25) is 9.59 Å². The van der Waals surface area contributed by atoms with E-state index in [2.05, 4.69) is 5.32 Å². The first-order valence-electron chi connectivity index (χ1n) is 8.29. The quantitative estimate of drug-likeness (QED) is 0.827. The topological polar surface area (TPSA) is 53.9 Å². The van der Waals surface area contributed by atoms with Crippen molar-refractivity contribution in [1.29, 1.82) is 0 Å². The highest BCUT2D eigenvalue weighted by Crippen LogP contribution is 2.11. The number of carbonyl (C=O) groups excluding carboxylic acids is 2.